The lowest BCUT2D eigenvalue weighted by Crippen LogP contribution is -2.12. The van der Waals surface area contributed by atoms with Gasteiger partial charge < -0.3 is 10.3 Å². The van der Waals surface area contributed by atoms with Crippen LogP contribution in [-0.4, -0.2) is 15.9 Å². The van der Waals surface area contributed by atoms with Crippen LogP contribution in [0.2, 0.25) is 5.02 Å². The van der Waals surface area contributed by atoms with Crippen LogP contribution in [0.5, 0.6) is 0 Å². The minimum Gasteiger partial charge on any atom is -0.349 e. The van der Waals surface area contributed by atoms with Gasteiger partial charge in [-0.05, 0) is 31.2 Å². The van der Waals surface area contributed by atoms with Crippen molar-refractivity contribution in [2.24, 2.45) is 0 Å². The Bertz CT molecular complexity index is 1390. The molecule has 6 heteroatoms. The van der Waals surface area contributed by atoms with E-state index in [-0.39, 0.29) is 5.91 Å². The molecule has 152 valence electrons. The number of H-pyrrole nitrogens is 1. The number of fused-ring (bicyclic) bond motifs is 1. The number of thiazole rings is 1. The number of nitrogens with one attached hydrogen (secondary N) is 2. The predicted molar refractivity (Wildman–Crippen MR) is 129 cm³/mol. The summed E-state index contributed by atoms with van der Waals surface area (Å²) in [5, 5.41) is 5.43. The third kappa shape index (κ3) is 3.85. The molecule has 31 heavy (non-hydrogen) atoms. The molecule has 0 saturated carbocycles. The molecular weight excluding hydrogens is 426 g/mol. The number of halogens is 1. The van der Waals surface area contributed by atoms with Gasteiger partial charge in [0, 0.05) is 27.1 Å². The summed E-state index contributed by atoms with van der Waals surface area (Å²) < 4.78 is 0. The minimum absolute atomic E-state index is 0.212. The Morgan fingerprint density at radius 1 is 0.968 bits per heavy atom. The molecule has 0 bridgehead atoms. The first-order chi connectivity index (χ1) is 15.1. The molecule has 0 saturated heterocycles. The molecule has 5 aromatic rings. The molecule has 2 aromatic heterocycles. The number of carbonyl (C=O) groups is 1. The van der Waals surface area contributed by atoms with Gasteiger partial charge >= 0.3 is 0 Å². The van der Waals surface area contributed by atoms with Crippen molar-refractivity contribution in [3.63, 3.8) is 0 Å². The van der Waals surface area contributed by atoms with E-state index in [1.165, 1.54) is 0 Å². The first kappa shape index (κ1) is 19.5. The Hall–Kier alpha value is -3.41. The van der Waals surface area contributed by atoms with E-state index < -0.39 is 0 Å². The third-order valence-electron chi connectivity index (χ3n) is 5.08. The molecule has 5 rings (SSSR count). The summed E-state index contributed by atoms with van der Waals surface area (Å²) in [6.07, 6.45) is 0. The second-order valence-corrected chi connectivity index (χ2v) is 8.82. The maximum atomic E-state index is 12.7. The van der Waals surface area contributed by atoms with E-state index in [1.54, 1.807) is 23.5 Å². The van der Waals surface area contributed by atoms with Crippen molar-refractivity contribution < 1.29 is 4.79 Å². The number of nitrogens with zero attached hydrogens (tertiary/aromatic N) is 1. The zero-order valence-corrected chi connectivity index (χ0v) is 18.2. The van der Waals surface area contributed by atoms with Gasteiger partial charge in [-0.3, -0.25) is 4.79 Å². The highest BCUT2D eigenvalue weighted by Gasteiger charge is 2.13. The number of amides is 1. The van der Waals surface area contributed by atoms with Gasteiger partial charge in [-0.25, -0.2) is 4.98 Å². The number of rotatable bonds is 4. The first-order valence-electron chi connectivity index (χ1n) is 9.80. The number of benzene rings is 3. The number of hydrogen-bond acceptors (Lipinski definition) is 3. The quantitative estimate of drug-likeness (QED) is 0.309. The van der Waals surface area contributed by atoms with Gasteiger partial charge in [0.1, 0.15) is 10.7 Å². The number of para-hydroxylation sites is 1. The van der Waals surface area contributed by atoms with Crippen LogP contribution >= 0.6 is 22.9 Å². The second-order valence-electron chi connectivity index (χ2n) is 7.21. The summed E-state index contributed by atoms with van der Waals surface area (Å²) in [6, 6.07) is 25.3. The Morgan fingerprint density at radius 2 is 1.74 bits per heavy atom. The highest BCUT2D eigenvalue weighted by atomic mass is 35.5. The second kappa shape index (κ2) is 8.02. The van der Waals surface area contributed by atoms with Crippen molar-refractivity contribution in [1.82, 2.24) is 9.97 Å². The normalized spacial score (nSPS) is 11.0. The summed E-state index contributed by atoms with van der Waals surface area (Å²) in [6.45, 7) is 2.08. The third-order valence-corrected chi connectivity index (χ3v) is 6.42. The Labute approximate surface area is 188 Å². The van der Waals surface area contributed by atoms with Crippen LogP contribution in [0.3, 0.4) is 0 Å². The number of anilines is 1. The van der Waals surface area contributed by atoms with E-state index in [9.17, 15) is 4.79 Å². The number of aryl methyl sites for hydroxylation is 1. The molecule has 3 aromatic carbocycles. The Morgan fingerprint density at radius 3 is 2.48 bits per heavy atom. The molecule has 0 radical (unpaired) electrons. The van der Waals surface area contributed by atoms with E-state index in [1.807, 2.05) is 54.6 Å². The first-order valence-corrected chi connectivity index (χ1v) is 11.0. The van der Waals surface area contributed by atoms with Crippen molar-refractivity contribution in [3.05, 3.63) is 94.5 Å². The maximum absolute atomic E-state index is 12.7. The molecule has 0 unspecified atom stereocenters. The highest BCUT2D eigenvalue weighted by Crippen LogP contribution is 2.33. The molecule has 1 amide bonds. The molecule has 2 heterocycles. The van der Waals surface area contributed by atoms with Crippen molar-refractivity contribution >= 4 is 45.4 Å². The van der Waals surface area contributed by atoms with E-state index in [0.29, 0.717) is 10.7 Å². The molecule has 0 aliphatic heterocycles. The monoisotopic (exact) mass is 443 g/mol. The van der Waals surface area contributed by atoms with Gasteiger partial charge in [0.15, 0.2) is 0 Å². The standard InChI is InChI=1S/C25H18ClN3OS/c1-15-22(29-25(31-15)17-6-3-2-4-7-17)16-10-12-19(13-11-16)27-24(30)21-14-18-8-5-9-20(26)23(18)28-21/h2-14,28H,1H3,(H,27,30). The van der Waals surface area contributed by atoms with E-state index in [4.69, 9.17) is 16.6 Å². The highest BCUT2D eigenvalue weighted by molar-refractivity contribution is 7.15. The number of aromatic amines is 1. The van der Waals surface area contributed by atoms with Crippen molar-refractivity contribution in [2.75, 3.05) is 5.32 Å². The zero-order chi connectivity index (χ0) is 21.4. The summed E-state index contributed by atoms with van der Waals surface area (Å²) in [5.41, 5.74) is 5.05. The fourth-order valence-electron chi connectivity index (χ4n) is 3.52. The smallest absolute Gasteiger partial charge is 0.272 e. The summed E-state index contributed by atoms with van der Waals surface area (Å²) >= 11 is 7.88. The zero-order valence-electron chi connectivity index (χ0n) is 16.6. The summed E-state index contributed by atoms with van der Waals surface area (Å²) in [4.78, 5) is 21.8. The van der Waals surface area contributed by atoms with Crippen molar-refractivity contribution in [2.45, 2.75) is 6.92 Å². The topological polar surface area (TPSA) is 57.8 Å². The van der Waals surface area contributed by atoms with Crippen LogP contribution in [0, 0.1) is 6.92 Å². The number of hydrogen-bond donors (Lipinski definition) is 2. The van der Waals surface area contributed by atoms with E-state index in [2.05, 4.69) is 29.4 Å². The van der Waals surface area contributed by atoms with Gasteiger partial charge in [-0.1, -0.05) is 66.2 Å². The van der Waals surface area contributed by atoms with Crippen LogP contribution in [-0.2, 0) is 0 Å². The maximum Gasteiger partial charge on any atom is 0.272 e. The minimum atomic E-state index is -0.212. The molecule has 0 aliphatic carbocycles. The van der Waals surface area contributed by atoms with Crippen LogP contribution < -0.4 is 5.32 Å². The lowest BCUT2D eigenvalue weighted by molar-refractivity contribution is 0.102. The predicted octanol–water partition coefficient (Wildman–Crippen LogP) is 7.17. The summed E-state index contributed by atoms with van der Waals surface area (Å²) in [7, 11) is 0. The molecule has 4 nitrogen and oxygen atoms in total. The van der Waals surface area contributed by atoms with Gasteiger partial charge in [-0.2, -0.15) is 0 Å². The molecule has 0 spiro atoms. The molecule has 2 N–H and O–H groups in total. The largest absolute Gasteiger partial charge is 0.349 e. The average Bonchev–Trinajstić information content (AvgIpc) is 3.40. The van der Waals surface area contributed by atoms with Gasteiger partial charge in [0.05, 0.1) is 16.2 Å². The number of aromatic nitrogens is 2. The molecule has 0 atom stereocenters. The molecular formula is C25H18ClN3OS. The van der Waals surface area contributed by atoms with Gasteiger partial charge in [0.2, 0.25) is 0 Å². The van der Waals surface area contributed by atoms with Crippen LogP contribution in [0.15, 0.2) is 78.9 Å². The van der Waals surface area contributed by atoms with E-state index in [0.717, 1.165) is 43.3 Å². The van der Waals surface area contributed by atoms with Crippen LogP contribution in [0.4, 0.5) is 5.69 Å². The Balaban J connectivity index is 1.36. The average molecular weight is 444 g/mol. The molecule has 0 aliphatic rings. The lowest BCUT2D eigenvalue weighted by atomic mass is 10.1. The fraction of sp³-hybridized carbons (Fsp3) is 0.0400. The lowest BCUT2D eigenvalue weighted by Gasteiger charge is -2.05. The van der Waals surface area contributed by atoms with Gasteiger partial charge in [0.25, 0.3) is 5.91 Å². The number of carbonyl (C=O) groups excluding carboxylic acids is 1. The SMILES string of the molecule is Cc1sc(-c2ccccc2)nc1-c1ccc(NC(=O)c2cc3cccc(Cl)c3[nH]2)cc1. The molecule has 0 fully saturated rings. The van der Waals surface area contributed by atoms with E-state index >= 15 is 0 Å². The Kier molecular flexibility index (Phi) is 5.06. The van der Waals surface area contributed by atoms with Gasteiger partial charge in [-0.15, -0.1) is 11.3 Å². The summed E-state index contributed by atoms with van der Waals surface area (Å²) in [5.74, 6) is -0.212. The van der Waals surface area contributed by atoms with Crippen molar-refractivity contribution in [1.29, 1.82) is 0 Å². The van der Waals surface area contributed by atoms with Crippen LogP contribution in [0.25, 0.3) is 32.7 Å². The fourth-order valence-corrected chi connectivity index (χ4v) is 4.69. The van der Waals surface area contributed by atoms with Crippen molar-refractivity contribution in [3.8, 4) is 21.8 Å². The van der Waals surface area contributed by atoms with Crippen LogP contribution in [0.1, 0.15) is 15.4 Å².